The molecule has 0 unspecified atom stereocenters. The van der Waals surface area contributed by atoms with E-state index in [-0.39, 0.29) is 24.3 Å². The number of ether oxygens (including phenoxy) is 1. The van der Waals surface area contributed by atoms with Crippen LogP contribution in [0, 0.1) is 0 Å². The van der Waals surface area contributed by atoms with Crippen molar-refractivity contribution in [3.63, 3.8) is 0 Å². The topological polar surface area (TPSA) is 110 Å². The first-order chi connectivity index (χ1) is 13.0. The van der Waals surface area contributed by atoms with E-state index < -0.39 is 0 Å². The summed E-state index contributed by atoms with van der Waals surface area (Å²) in [5, 5.41) is 2.71. The second-order valence-electron chi connectivity index (χ2n) is 6.59. The number of nitrogens with one attached hydrogen (secondary N) is 1. The van der Waals surface area contributed by atoms with Crippen molar-refractivity contribution >= 4 is 17.5 Å². The standard InChI is InChI=1S/C19H23N5O3/c1-13(25)23-15-4-6-16(7-5-15)27-19-18(21-8-9-22-19)14-3-2-10-24(11-14)12-17(20)26/h4-9,14H,2-3,10-12H2,1H3,(H2,20,26)(H,23,25)/t14-/m0/s1. The molecule has 142 valence electrons. The molecule has 0 aliphatic carbocycles. The van der Waals surface area contributed by atoms with Gasteiger partial charge in [0.2, 0.25) is 17.7 Å². The summed E-state index contributed by atoms with van der Waals surface area (Å²) in [6.07, 6.45) is 5.15. The fraction of sp³-hybridized carbons (Fsp3) is 0.368. The average molecular weight is 369 g/mol. The van der Waals surface area contributed by atoms with Crippen LogP contribution in [0.15, 0.2) is 36.7 Å². The van der Waals surface area contributed by atoms with Gasteiger partial charge >= 0.3 is 0 Å². The van der Waals surface area contributed by atoms with Gasteiger partial charge in [0.05, 0.1) is 6.54 Å². The number of carbonyl (C=O) groups is 2. The molecule has 2 heterocycles. The third-order valence-corrected chi connectivity index (χ3v) is 4.35. The molecule has 3 rings (SSSR count). The van der Waals surface area contributed by atoms with E-state index in [9.17, 15) is 9.59 Å². The van der Waals surface area contributed by atoms with Crippen molar-refractivity contribution in [3.8, 4) is 11.6 Å². The number of piperidine rings is 1. The van der Waals surface area contributed by atoms with Crippen molar-refractivity contribution in [2.45, 2.75) is 25.7 Å². The maximum absolute atomic E-state index is 11.2. The van der Waals surface area contributed by atoms with E-state index in [1.807, 2.05) is 4.90 Å². The van der Waals surface area contributed by atoms with Gasteiger partial charge in [0.1, 0.15) is 11.4 Å². The van der Waals surface area contributed by atoms with Crippen LogP contribution in [0.2, 0.25) is 0 Å². The number of aromatic nitrogens is 2. The van der Waals surface area contributed by atoms with E-state index in [0.29, 0.717) is 23.9 Å². The number of primary amides is 1. The van der Waals surface area contributed by atoms with Crippen LogP contribution < -0.4 is 15.8 Å². The molecule has 2 aromatic rings. The Morgan fingerprint density at radius 1 is 1.26 bits per heavy atom. The molecule has 1 saturated heterocycles. The van der Waals surface area contributed by atoms with Gasteiger partial charge in [-0.15, -0.1) is 0 Å². The fourth-order valence-electron chi connectivity index (χ4n) is 3.26. The molecular weight excluding hydrogens is 346 g/mol. The maximum Gasteiger partial charge on any atom is 0.241 e. The van der Waals surface area contributed by atoms with Crippen LogP contribution in [0.3, 0.4) is 0 Å². The maximum atomic E-state index is 11.2. The Hall–Kier alpha value is -3.00. The fourth-order valence-corrected chi connectivity index (χ4v) is 3.26. The molecule has 1 atom stereocenters. The molecule has 1 aliphatic heterocycles. The summed E-state index contributed by atoms with van der Waals surface area (Å²) in [5.74, 6) is 0.732. The molecule has 27 heavy (non-hydrogen) atoms. The highest BCUT2D eigenvalue weighted by atomic mass is 16.5. The minimum Gasteiger partial charge on any atom is -0.437 e. The van der Waals surface area contributed by atoms with Crippen LogP contribution in [0.1, 0.15) is 31.4 Å². The normalized spacial score (nSPS) is 17.3. The summed E-state index contributed by atoms with van der Waals surface area (Å²) >= 11 is 0. The van der Waals surface area contributed by atoms with Gasteiger partial charge < -0.3 is 15.8 Å². The van der Waals surface area contributed by atoms with Gasteiger partial charge in [-0.05, 0) is 43.7 Å². The van der Waals surface area contributed by atoms with Crippen LogP contribution in [0.5, 0.6) is 11.6 Å². The zero-order valence-corrected chi connectivity index (χ0v) is 15.2. The summed E-state index contributed by atoms with van der Waals surface area (Å²) in [5.41, 5.74) is 6.80. The van der Waals surface area contributed by atoms with Crippen molar-refractivity contribution < 1.29 is 14.3 Å². The lowest BCUT2D eigenvalue weighted by atomic mass is 9.94. The van der Waals surface area contributed by atoms with Crippen LogP contribution in [-0.4, -0.2) is 46.3 Å². The highest BCUT2D eigenvalue weighted by Crippen LogP contribution is 2.32. The molecule has 8 heteroatoms. The first-order valence-electron chi connectivity index (χ1n) is 8.88. The third-order valence-electron chi connectivity index (χ3n) is 4.35. The van der Waals surface area contributed by atoms with Crippen LogP contribution in [0.4, 0.5) is 5.69 Å². The van der Waals surface area contributed by atoms with Gasteiger partial charge in [-0.2, -0.15) is 0 Å². The first-order valence-corrected chi connectivity index (χ1v) is 8.88. The summed E-state index contributed by atoms with van der Waals surface area (Å²) in [4.78, 5) is 33.2. The number of likely N-dealkylation sites (tertiary alicyclic amines) is 1. The molecule has 1 aliphatic rings. The average Bonchev–Trinajstić information content (AvgIpc) is 2.63. The molecule has 3 N–H and O–H groups in total. The van der Waals surface area contributed by atoms with Crippen molar-refractivity contribution in [3.05, 3.63) is 42.4 Å². The van der Waals surface area contributed by atoms with E-state index in [0.717, 1.165) is 25.1 Å². The molecular formula is C19H23N5O3. The van der Waals surface area contributed by atoms with Gasteiger partial charge in [-0.3, -0.25) is 19.5 Å². The SMILES string of the molecule is CC(=O)Nc1ccc(Oc2nccnc2[C@H]2CCCN(CC(N)=O)C2)cc1. The minimum atomic E-state index is -0.328. The van der Waals surface area contributed by atoms with Gasteiger partial charge in [0, 0.05) is 37.5 Å². The summed E-state index contributed by atoms with van der Waals surface area (Å²) in [6, 6.07) is 7.07. The number of hydrogen-bond donors (Lipinski definition) is 2. The molecule has 0 spiro atoms. The Morgan fingerprint density at radius 3 is 2.70 bits per heavy atom. The van der Waals surface area contributed by atoms with Gasteiger partial charge in [0.15, 0.2) is 0 Å². The zero-order valence-electron chi connectivity index (χ0n) is 15.2. The van der Waals surface area contributed by atoms with E-state index >= 15 is 0 Å². The van der Waals surface area contributed by atoms with Crippen LogP contribution in [0.25, 0.3) is 0 Å². The number of carbonyl (C=O) groups excluding carboxylic acids is 2. The summed E-state index contributed by atoms with van der Waals surface area (Å²) in [7, 11) is 0. The molecule has 1 fully saturated rings. The largest absolute Gasteiger partial charge is 0.437 e. The second-order valence-corrected chi connectivity index (χ2v) is 6.59. The van der Waals surface area contributed by atoms with Crippen LogP contribution in [-0.2, 0) is 9.59 Å². The predicted octanol–water partition coefficient (Wildman–Crippen LogP) is 1.89. The number of anilines is 1. The predicted molar refractivity (Wildman–Crippen MR) is 100 cm³/mol. The molecule has 8 nitrogen and oxygen atoms in total. The number of amides is 2. The van der Waals surface area contributed by atoms with Crippen molar-refractivity contribution in [1.29, 1.82) is 0 Å². The van der Waals surface area contributed by atoms with Crippen molar-refractivity contribution in [1.82, 2.24) is 14.9 Å². The van der Waals surface area contributed by atoms with E-state index in [4.69, 9.17) is 10.5 Å². The highest BCUT2D eigenvalue weighted by Gasteiger charge is 2.26. The Balaban J connectivity index is 1.74. The van der Waals surface area contributed by atoms with E-state index in [1.165, 1.54) is 6.92 Å². The first kappa shape index (κ1) is 18.8. The van der Waals surface area contributed by atoms with Gasteiger partial charge in [-0.1, -0.05) is 0 Å². The minimum absolute atomic E-state index is 0.125. The number of benzene rings is 1. The van der Waals surface area contributed by atoms with Crippen molar-refractivity contribution in [2.24, 2.45) is 5.73 Å². The molecule has 1 aromatic heterocycles. The lowest BCUT2D eigenvalue weighted by Crippen LogP contribution is -2.40. The van der Waals surface area contributed by atoms with E-state index in [1.54, 1.807) is 36.7 Å². The van der Waals surface area contributed by atoms with Gasteiger partial charge in [-0.25, -0.2) is 4.98 Å². The molecule has 2 amide bonds. The monoisotopic (exact) mass is 369 g/mol. The number of hydrogen-bond acceptors (Lipinski definition) is 6. The van der Waals surface area contributed by atoms with Gasteiger partial charge in [0.25, 0.3) is 0 Å². The summed E-state index contributed by atoms with van der Waals surface area (Å²) in [6.45, 7) is 3.25. The highest BCUT2D eigenvalue weighted by molar-refractivity contribution is 5.88. The Kier molecular flexibility index (Phi) is 5.97. The van der Waals surface area contributed by atoms with Crippen molar-refractivity contribution in [2.75, 3.05) is 25.0 Å². The molecule has 0 radical (unpaired) electrons. The molecule has 0 bridgehead atoms. The quantitative estimate of drug-likeness (QED) is 0.804. The lowest BCUT2D eigenvalue weighted by molar-refractivity contribution is -0.119. The third kappa shape index (κ3) is 5.24. The summed E-state index contributed by atoms with van der Waals surface area (Å²) < 4.78 is 5.94. The molecule has 0 saturated carbocycles. The number of nitrogens with zero attached hydrogens (tertiary/aromatic N) is 3. The Labute approximate surface area is 157 Å². The number of rotatable bonds is 6. The van der Waals surface area contributed by atoms with E-state index in [2.05, 4.69) is 15.3 Å². The Bertz CT molecular complexity index is 809. The number of nitrogens with two attached hydrogens (primary N) is 1. The Morgan fingerprint density at radius 2 is 2.00 bits per heavy atom. The second kappa shape index (κ2) is 8.59. The van der Waals surface area contributed by atoms with Crippen LogP contribution >= 0.6 is 0 Å². The lowest BCUT2D eigenvalue weighted by Gasteiger charge is -2.31. The zero-order chi connectivity index (χ0) is 19.2. The smallest absolute Gasteiger partial charge is 0.241 e. The molecule has 1 aromatic carbocycles.